The molecule has 3 amide bonds. The van der Waals surface area contributed by atoms with E-state index in [1.165, 1.54) is 13.4 Å². The highest BCUT2D eigenvalue weighted by Crippen LogP contribution is 2.42. The second-order valence-corrected chi connectivity index (χ2v) is 10.8. The first-order chi connectivity index (χ1) is 18.2. The van der Waals surface area contributed by atoms with Crippen molar-refractivity contribution in [3.63, 3.8) is 0 Å². The highest BCUT2D eigenvalue weighted by Gasteiger charge is 2.59. The van der Waals surface area contributed by atoms with Crippen molar-refractivity contribution in [2.45, 2.75) is 69.9 Å². The monoisotopic (exact) mass is 572 g/mol. The van der Waals surface area contributed by atoms with Gasteiger partial charge in [0.2, 0.25) is 0 Å². The van der Waals surface area contributed by atoms with Crippen molar-refractivity contribution in [3.8, 4) is 11.5 Å². The maximum atomic E-state index is 13.6. The minimum absolute atomic E-state index is 0.121. The van der Waals surface area contributed by atoms with Crippen molar-refractivity contribution >= 4 is 40.4 Å². The molecule has 1 aromatic carbocycles. The number of hydrogen-bond acceptors (Lipinski definition) is 8. The van der Waals surface area contributed by atoms with Gasteiger partial charge in [0, 0.05) is 24.5 Å². The summed E-state index contributed by atoms with van der Waals surface area (Å²) in [6, 6.07) is 3.23. The molecule has 1 aromatic heterocycles. The molecule has 1 aliphatic carbocycles. The zero-order valence-corrected chi connectivity index (χ0v) is 22.6. The fraction of sp³-hybridized carbons (Fsp3) is 0.560. The Kier molecular flexibility index (Phi) is 7.58. The number of methoxy groups -OCH3 is 1. The van der Waals surface area contributed by atoms with Crippen molar-refractivity contribution in [3.05, 3.63) is 23.6 Å². The van der Waals surface area contributed by atoms with Crippen molar-refractivity contribution in [1.29, 1.82) is 0 Å². The smallest absolute Gasteiger partial charge is 0.471 e. The molecule has 1 aliphatic heterocycles. The molecule has 39 heavy (non-hydrogen) atoms. The van der Waals surface area contributed by atoms with Gasteiger partial charge in [-0.3, -0.25) is 9.59 Å². The van der Waals surface area contributed by atoms with E-state index in [0.29, 0.717) is 27.3 Å². The molecule has 2 aromatic rings. The number of rotatable bonds is 3. The minimum Gasteiger partial charge on any atom is -0.493 e. The Bertz CT molecular complexity index is 1290. The molecule has 0 N–H and O–H groups in total. The van der Waals surface area contributed by atoms with E-state index >= 15 is 0 Å². The summed E-state index contributed by atoms with van der Waals surface area (Å²) in [5.74, 6) is -2.34. The Morgan fingerprint density at radius 3 is 2.33 bits per heavy atom. The SMILES string of the molecule is COc1cc2ncnc(Cl)c2cc1O[C@H]1CC[C@]2(CC1)C(=O)N(C(=O)OC(C)(C)C)CCN2C(=O)C(F)(F)F. The van der Waals surface area contributed by atoms with Gasteiger partial charge in [-0.05, 0) is 52.5 Å². The number of nitrogens with zero attached hydrogens (tertiary/aromatic N) is 4. The Labute approximate surface area is 227 Å². The third-order valence-electron chi connectivity index (χ3n) is 6.73. The van der Waals surface area contributed by atoms with Gasteiger partial charge in [-0.25, -0.2) is 19.7 Å². The van der Waals surface area contributed by atoms with Crippen LogP contribution in [0, 0.1) is 0 Å². The number of ether oxygens (including phenoxy) is 3. The van der Waals surface area contributed by atoms with E-state index in [1.807, 2.05) is 0 Å². The molecule has 2 fully saturated rings. The molecule has 1 spiro atoms. The normalized spacial score (nSPS) is 22.3. The highest BCUT2D eigenvalue weighted by atomic mass is 35.5. The molecule has 1 saturated carbocycles. The topological polar surface area (TPSA) is 111 Å². The summed E-state index contributed by atoms with van der Waals surface area (Å²) in [6.07, 6.45) is -5.45. The van der Waals surface area contributed by atoms with Crippen LogP contribution in [0.15, 0.2) is 18.5 Å². The summed E-state index contributed by atoms with van der Waals surface area (Å²) >= 11 is 6.19. The highest BCUT2D eigenvalue weighted by molar-refractivity contribution is 6.34. The van der Waals surface area contributed by atoms with Gasteiger partial charge in [-0.1, -0.05) is 11.6 Å². The largest absolute Gasteiger partial charge is 0.493 e. The fourth-order valence-corrected chi connectivity index (χ4v) is 5.15. The summed E-state index contributed by atoms with van der Waals surface area (Å²) in [5, 5.41) is 0.714. The van der Waals surface area contributed by atoms with Crippen molar-refractivity contribution < 1.29 is 41.8 Å². The fourth-order valence-electron chi connectivity index (χ4n) is 4.96. The van der Waals surface area contributed by atoms with E-state index in [1.54, 1.807) is 32.9 Å². The van der Waals surface area contributed by atoms with E-state index in [9.17, 15) is 27.6 Å². The maximum Gasteiger partial charge on any atom is 0.471 e. The number of amides is 3. The summed E-state index contributed by atoms with van der Waals surface area (Å²) in [4.78, 5) is 48.2. The molecule has 0 atom stereocenters. The number of hydrogen-bond donors (Lipinski definition) is 0. The zero-order chi connectivity index (χ0) is 28.8. The third-order valence-corrected chi connectivity index (χ3v) is 7.04. The van der Waals surface area contributed by atoms with Crippen molar-refractivity contribution in [2.75, 3.05) is 20.2 Å². The minimum atomic E-state index is -5.19. The number of aromatic nitrogens is 2. The van der Waals surface area contributed by atoms with Gasteiger partial charge in [0.1, 0.15) is 22.6 Å². The number of imide groups is 1. The number of fused-ring (bicyclic) bond motifs is 1. The van der Waals surface area contributed by atoms with Crippen LogP contribution in [0.1, 0.15) is 46.5 Å². The summed E-state index contributed by atoms with van der Waals surface area (Å²) in [6.45, 7) is 3.95. The van der Waals surface area contributed by atoms with Gasteiger partial charge in [0.05, 0.1) is 18.7 Å². The first kappa shape index (κ1) is 28.7. The second-order valence-electron chi connectivity index (χ2n) is 10.4. The van der Waals surface area contributed by atoms with Crippen LogP contribution in [0.4, 0.5) is 18.0 Å². The number of carbonyl (C=O) groups excluding carboxylic acids is 3. The lowest BCUT2D eigenvalue weighted by molar-refractivity contribution is -0.199. The van der Waals surface area contributed by atoms with Crippen LogP contribution in [0.3, 0.4) is 0 Å². The van der Waals surface area contributed by atoms with E-state index in [2.05, 4.69) is 9.97 Å². The van der Waals surface area contributed by atoms with E-state index in [0.717, 1.165) is 4.90 Å². The number of halogens is 4. The molecule has 0 bridgehead atoms. The van der Waals surface area contributed by atoms with Crippen LogP contribution in [0.25, 0.3) is 10.9 Å². The quantitative estimate of drug-likeness (QED) is 0.494. The first-order valence-electron chi connectivity index (χ1n) is 12.2. The molecule has 14 heteroatoms. The van der Waals surface area contributed by atoms with Crippen LogP contribution in [-0.4, -0.2) is 81.3 Å². The van der Waals surface area contributed by atoms with Gasteiger partial charge in [0.15, 0.2) is 11.5 Å². The average molecular weight is 573 g/mol. The Morgan fingerprint density at radius 2 is 1.74 bits per heavy atom. The first-order valence-corrected chi connectivity index (χ1v) is 12.6. The number of carbonyl (C=O) groups is 3. The second kappa shape index (κ2) is 10.3. The molecule has 2 aliphatic rings. The van der Waals surface area contributed by atoms with Crippen LogP contribution < -0.4 is 9.47 Å². The lowest BCUT2D eigenvalue weighted by Crippen LogP contribution is -2.71. The number of piperazine rings is 1. The van der Waals surface area contributed by atoms with Crippen molar-refractivity contribution in [1.82, 2.24) is 19.8 Å². The Hall–Kier alpha value is -3.35. The third kappa shape index (κ3) is 5.68. The summed E-state index contributed by atoms with van der Waals surface area (Å²) in [5.41, 5.74) is -2.27. The molecular weight excluding hydrogens is 545 g/mol. The summed E-state index contributed by atoms with van der Waals surface area (Å²) in [7, 11) is 1.44. The molecule has 2 heterocycles. The molecule has 212 valence electrons. The molecule has 10 nitrogen and oxygen atoms in total. The predicted molar refractivity (Wildman–Crippen MR) is 132 cm³/mol. The van der Waals surface area contributed by atoms with Crippen LogP contribution in [-0.2, 0) is 14.3 Å². The Morgan fingerprint density at radius 1 is 1.08 bits per heavy atom. The van der Waals surface area contributed by atoms with Gasteiger partial charge < -0.3 is 19.1 Å². The van der Waals surface area contributed by atoms with Gasteiger partial charge in [-0.2, -0.15) is 13.2 Å². The van der Waals surface area contributed by atoms with E-state index < -0.39 is 54.4 Å². The standard InChI is InChI=1S/C25H28ClF3N4O6/c1-23(2,3)39-22(36)32-9-10-33(21(35)25(27,28)29)24(20(32)34)7-5-14(6-8-24)38-18-11-15-16(12-17(18)37-4)30-13-31-19(15)26/h11-14H,5-10H2,1-4H3/t14-,24-. The van der Waals surface area contributed by atoms with Crippen LogP contribution in [0.5, 0.6) is 11.5 Å². The molecular formula is C25H28ClF3N4O6. The van der Waals surface area contributed by atoms with Crippen LogP contribution >= 0.6 is 11.6 Å². The van der Waals surface area contributed by atoms with E-state index in [-0.39, 0.29) is 30.8 Å². The average Bonchev–Trinajstić information content (AvgIpc) is 2.85. The van der Waals surface area contributed by atoms with Gasteiger partial charge >= 0.3 is 18.2 Å². The number of alkyl halides is 3. The lowest BCUT2D eigenvalue weighted by atomic mass is 9.76. The van der Waals surface area contributed by atoms with E-state index in [4.69, 9.17) is 25.8 Å². The van der Waals surface area contributed by atoms with Crippen LogP contribution in [0.2, 0.25) is 5.15 Å². The lowest BCUT2D eigenvalue weighted by Gasteiger charge is -2.51. The predicted octanol–water partition coefficient (Wildman–Crippen LogP) is 4.52. The molecule has 4 rings (SSSR count). The zero-order valence-electron chi connectivity index (χ0n) is 21.8. The number of benzene rings is 1. The maximum absolute atomic E-state index is 13.6. The Balaban J connectivity index is 1.60. The molecule has 0 radical (unpaired) electrons. The summed E-state index contributed by atoms with van der Waals surface area (Å²) < 4.78 is 57.4. The van der Waals surface area contributed by atoms with Gasteiger partial charge in [0.25, 0.3) is 5.91 Å². The molecule has 0 unspecified atom stereocenters. The van der Waals surface area contributed by atoms with Crippen molar-refractivity contribution in [2.24, 2.45) is 0 Å². The van der Waals surface area contributed by atoms with Gasteiger partial charge in [-0.15, -0.1) is 0 Å². The molecule has 1 saturated heterocycles.